The monoisotopic (exact) mass is 254 g/mol. The second-order valence-corrected chi connectivity index (χ2v) is 4.39. The number of methoxy groups -OCH3 is 1. The van der Waals surface area contributed by atoms with Gasteiger partial charge in [0.2, 0.25) is 0 Å². The first-order valence-corrected chi connectivity index (χ1v) is 5.35. The van der Waals surface area contributed by atoms with E-state index < -0.39 is 35.6 Å². The van der Waals surface area contributed by atoms with Crippen molar-refractivity contribution in [3.63, 3.8) is 0 Å². The number of carbonyl (C=O) groups excluding carboxylic acids is 1. The molecular formula is C11H14N2O5. The van der Waals surface area contributed by atoms with Crippen molar-refractivity contribution in [2.75, 3.05) is 7.11 Å². The van der Waals surface area contributed by atoms with Crippen LogP contribution in [0.2, 0.25) is 0 Å². The maximum Gasteiger partial charge on any atom is 0.337 e. The first kappa shape index (κ1) is 14.4. The second kappa shape index (κ2) is 5.32. The average Bonchev–Trinajstić information content (AvgIpc) is 2.35. The van der Waals surface area contributed by atoms with Crippen LogP contribution in [-0.4, -0.2) is 46.2 Å². The molecule has 0 amide bonds. The highest BCUT2D eigenvalue weighted by atomic mass is 16.5. The van der Waals surface area contributed by atoms with Crippen LogP contribution in [0.3, 0.4) is 0 Å². The highest BCUT2D eigenvalue weighted by Gasteiger charge is 2.51. The molecule has 1 rings (SSSR count). The van der Waals surface area contributed by atoms with E-state index in [0.717, 1.165) is 7.11 Å². The molecule has 7 heteroatoms. The summed E-state index contributed by atoms with van der Waals surface area (Å²) in [5.41, 5.74) is -1.98. The molecule has 0 aliphatic heterocycles. The Balaban J connectivity index is 3.03. The van der Waals surface area contributed by atoms with Crippen LogP contribution >= 0.6 is 0 Å². The van der Waals surface area contributed by atoms with Gasteiger partial charge in [0.15, 0.2) is 5.60 Å². The van der Waals surface area contributed by atoms with Crippen molar-refractivity contribution in [3.8, 4) is 12.1 Å². The lowest BCUT2D eigenvalue weighted by Crippen LogP contribution is -2.55. The topological polar surface area (TPSA) is 135 Å². The molecular weight excluding hydrogens is 240 g/mol. The molecule has 0 spiro atoms. The van der Waals surface area contributed by atoms with Crippen molar-refractivity contribution < 1.29 is 24.9 Å². The number of hydrogen-bond donors (Lipinski definition) is 3. The van der Waals surface area contributed by atoms with E-state index in [4.69, 9.17) is 10.5 Å². The number of nitrogens with zero attached hydrogens (tertiary/aromatic N) is 2. The molecule has 1 saturated carbocycles. The molecule has 1 aliphatic rings. The lowest BCUT2D eigenvalue weighted by atomic mass is 9.70. The van der Waals surface area contributed by atoms with E-state index in [9.17, 15) is 20.1 Å². The number of aliphatic hydroxyl groups excluding tert-OH is 2. The van der Waals surface area contributed by atoms with E-state index in [-0.39, 0.29) is 12.8 Å². The Bertz CT molecular complexity index is 399. The summed E-state index contributed by atoms with van der Waals surface area (Å²) >= 11 is 0. The van der Waals surface area contributed by atoms with Crippen molar-refractivity contribution in [1.82, 2.24) is 0 Å². The van der Waals surface area contributed by atoms with Crippen molar-refractivity contribution in [2.24, 2.45) is 11.8 Å². The molecule has 0 radical (unpaired) electrons. The summed E-state index contributed by atoms with van der Waals surface area (Å²) in [6.45, 7) is 0. The fourth-order valence-corrected chi connectivity index (χ4v) is 2.24. The van der Waals surface area contributed by atoms with Crippen LogP contribution in [-0.2, 0) is 9.53 Å². The first-order chi connectivity index (χ1) is 8.39. The number of esters is 1. The summed E-state index contributed by atoms with van der Waals surface area (Å²) < 4.78 is 4.42. The predicted molar refractivity (Wildman–Crippen MR) is 56.4 cm³/mol. The maximum atomic E-state index is 11.5. The first-order valence-electron chi connectivity index (χ1n) is 5.35. The van der Waals surface area contributed by atoms with Crippen LogP contribution in [0.4, 0.5) is 0 Å². The number of carbonyl (C=O) groups is 1. The lowest BCUT2D eigenvalue weighted by molar-refractivity contribution is -0.183. The van der Waals surface area contributed by atoms with Gasteiger partial charge in [0.05, 0.1) is 31.5 Å². The van der Waals surface area contributed by atoms with Crippen LogP contribution in [0.1, 0.15) is 12.8 Å². The van der Waals surface area contributed by atoms with Crippen LogP contribution in [0, 0.1) is 34.5 Å². The van der Waals surface area contributed by atoms with Crippen molar-refractivity contribution >= 4 is 5.97 Å². The Hall–Kier alpha value is -1.67. The number of rotatable bonds is 2. The van der Waals surface area contributed by atoms with Gasteiger partial charge in [-0.3, -0.25) is 0 Å². The Labute approximate surface area is 104 Å². The van der Waals surface area contributed by atoms with Gasteiger partial charge in [-0.25, -0.2) is 4.79 Å². The molecule has 0 aromatic carbocycles. The molecule has 0 unspecified atom stereocenters. The van der Waals surface area contributed by atoms with Gasteiger partial charge in [-0.2, -0.15) is 10.5 Å². The largest absolute Gasteiger partial charge is 0.467 e. The average molecular weight is 254 g/mol. The quantitative estimate of drug-likeness (QED) is 0.520. The zero-order chi connectivity index (χ0) is 13.9. The molecule has 4 atom stereocenters. The smallest absolute Gasteiger partial charge is 0.337 e. The van der Waals surface area contributed by atoms with E-state index in [1.54, 1.807) is 12.1 Å². The maximum absolute atomic E-state index is 11.5. The normalized spacial score (nSPS) is 35.6. The number of hydrogen-bond acceptors (Lipinski definition) is 7. The minimum absolute atomic E-state index is 0.302. The van der Waals surface area contributed by atoms with Gasteiger partial charge in [0.1, 0.15) is 5.92 Å². The Kier molecular flexibility index (Phi) is 4.25. The molecule has 1 fully saturated rings. The molecule has 7 nitrogen and oxygen atoms in total. The zero-order valence-electron chi connectivity index (χ0n) is 9.78. The van der Waals surface area contributed by atoms with Crippen molar-refractivity contribution in [2.45, 2.75) is 30.7 Å². The molecule has 0 aromatic rings. The van der Waals surface area contributed by atoms with Gasteiger partial charge in [-0.1, -0.05) is 0 Å². The molecule has 18 heavy (non-hydrogen) atoms. The molecule has 1 aliphatic carbocycles. The summed E-state index contributed by atoms with van der Waals surface area (Å²) in [5, 5.41) is 47.0. The predicted octanol–water partition coefficient (Wildman–Crippen LogP) is -1.31. The summed E-state index contributed by atoms with van der Waals surface area (Å²) in [6, 6.07) is 3.34. The minimum atomic E-state index is -1.98. The van der Waals surface area contributed by atoms with Gasteiger partial charge in [0, 0.05) is 12.3 Å². The Morgan fingerprint density at radius 2 is 1.94 bits per heavy atom. The fourth-order valence-electron chi connectivity index (χ4n) is 2.24. The number of aliphatic hydroxyl groups is 3. The second-order valence-electron chi connectivity index (χ2n) is 4.39. The zero-order valence-corrected chi connectivity index (χ0v) is 9.78. The molecule has 3 N–H and O–H groups in total. The van der Waals surface area contributed by atoms with Crippen LogP contribution in [0.5, 0.6) is 0 Å². The van der Waals surface area contributed by atoms with Crippen molar-refractivity contribution in [3.05, 3.63) is 0 Å². The van der Waals surface area contributed by atoms with E-state index >= 15 is 0 Å². The van der Waals surface area contributed by atoms with E-state index in [1.807, 2.05) is 0 Å². The third-order valence-electron chi connectivity index (χ3n) is 3.22. The highest BCUT2D eigenvalue weighted by Crippen LogP contribution is 2.37. The van der Waals surface area contributed by atoms with Gasteiger partial charge in [0.25, 0.3) is 0 Å². The third kappa shape index (κ3) is 2.44. The van der Waals surface area contributed by atoms with Gasteiger partial charge >= 0.3 is 5.97 Å². The standard InChI is InChI=1S/C11H14N2O5/c1-18-10(16)11(17)2-7(6(4-12)5-13)9(15)8(14)3-11/h6-9,14-15,17H,2-3H2,1H3/t7-,8-,9-,11+/m1/s1. The van der Waals surface area contributed by atoms with Crippen LogP contribution in [0.25, 0.3) is 0 Å². The molecule has 0 heterocycles. The summed E-state index contributed by atoms with van der Waals surface area (Å²) in [4.78, 5) is 11.5. The van der Waals surface area contributed by atoms with E-state index in [1.165, 1.54) is 0 Å². The third-order valence-corrected chi connectivity index (χ3v) is 3.22. The highest BCUT2D eigenvalue weighted by molar-refractivity contribution is 5.79. The Morgan fingerprint density at radius 1 is 1.39 bits per heavy atom. The van der Waals surface area contributed by atoms with Gasteiger partial charge < -0.3 is 20.1 Å². The van der Waals surface area contributed by atoms with Crippen LogP contribution < -0.4 is 0 Å². The SMILES string of the molecule is COC(=O)[C@@]1(O)C[C@@H](O)[C@H](O)[C@@H](C(C#N)C#N)C1. The van der Waals surface area contributed by atoms with E-state index in [0.29, 0.717) is 0 Å². The summed E-state index contributed by atoms with van der Waals surface area (Å²) in [5.74, 6) is -3.17. The number of nitriles is 2. The molecule has 98 valence electrons. The van der Waals surface area contributed by atoms with Gasteiger partial charge in [-0.15, -0.1) is 0 Å². The van der Waals surface area contributed by atoms with Crippen molar-refractivity contribution in [1.29, 1.82) is 10.5 Å². The summed E-state index contributed by atoms with van der Waals surface area (Å²) in [7, 11) is 1.08. The van der Waals surface area contributed by atoms with Gasteiger partial charge in [-0.05, 0) is 6.42 Å². The minimum Gasteiger partial charge on any atom is -0.467 e. The van der Waals surface area contributed by atoms with E-state index in [2.05, 4.69) is 4.74 Å². The van der Waals surface area contributed by atoms with Crippen LogP contribution in [0.15, 0.2) is 0 Å². The summed E-state index contributed by atoms with van der Waals surface area (Å²) in [6.07, 6.45) is -3.42. The molecule has 0 bridgehead atoms. The molecule has 0 saturated heterocycles. The lowest BCUT2D eigenvalue weighted by Gasteiger charge is -2.40. The number of ether oxygens (including phenoxy) is 1. The Morgan fingerprint density at radius 3 is 2.39 bits per heavy atom. The fraction of sp³-hybridized carbons (Fsp3) is 0.727. The molecule has 0 aromatic heterocycles.